The second kappa shape index (κ2) is 6.19. The molecule has 2 aliphatic rings. The zero-order chi connectivity index (χ0) is 14.8. The van der Waals surface area contributed by atoms with Crippen LogP contribution in [-0.4, -0.2) is 36.6 Å². The van der Waals surface area contributed by atoms with E-state index in [4.69, 9.17) is 11.5 Å². The van der Waals surface area contributed by atoms with Crippen molar-refractivity contribution in [2.45, 2.75) is 38.1 Å². The number of thiazole rings is 1. The van der Waals surface area contributed by atoms with E-state index in [9.17, 15) is 4.79 Å². The van der Waals surface area contributed by atoms with E-state index in [-0.39, 0.29) is 11.9 Å². The maximum atomic E-state index is 12.2. The molecule has 5 N–H and O–H groups in total. The lowest BCUT2D eigenvalue weighted by Gasteiger charge is -2.29. The molecule has 0 unspecified atom stereocenters. The molecule has 0 bridgehead atoms. The Morgan fingerprint density at radius 2 is 2.05 bits per heavy atom. The average molecular weight is 309 g/mol. The Labute approximate surface area is 128 Å². The van der Waals surface area contributed by atoms with E-state index in [0.717, 1.165) is 37.6 Å². The lowest BCUT2D eigenvalue weighted by molar-refractivity contribution is 0.0944. The summed E-state index contributed by atoms with van der Waals surface area (Å²) in [6.07, 6.45) is 5.64. The normalized spacial score (nSPS) is 20.3. The van der Waals surface area contributed by atoms with Crippen LogP contribution in [0.4, 0.5) is 10.9 Å². The van der Waals surface area contributed by atoms with Crippen LogP contribution in [0.5, 0.6) is 0 Å². The molecule has 0 radical (unpaired) electrons. The number of nitrogens with one attached hydrogen (secondary N) is 1. The van der Waals surface area contributed by atoms with Crippen molar-refractivity contribution in [2.75, 3.05) is 30.3 Å². The SMILES string of the molecule is Nc1nc(N2CCC(N)CC2)sc1C(=O)NCC1CCC1. The van der Waals surface area contributed by atoms with Crippen LogP contribution in [0.25, 0.3) is 0 Å². The monoisotopic (exact) mass is 309 g/mol. The van der Waals surface area contributed by atoms with Crippen LogP contribution in [0.15, 0.2) is 0 Å². The van der Waals surface area contributed by atoms with E-state index in [2.05, 4.69) is 15.2 Å². The van der Waals surface area contributed by atoms with Gasteiger partial charge in [0.15, 0.2) is 5.13 Å². The third-order valence-corrected chi connectivity index (χ3v) is 5.57. The fraction of sp³-hybridized carbons (Fsp3) is 0.714. The van der Waals surface area contributed by atoms with Gasteiger partial charge < -0.3 is 21.7 Å². The highest BCUT2D eigenvalue weighted by Gasteiger charge is 2.24. The van der Waals surface area contributed by atoms with Crippen LogP contribution in [0.1, 0.15) is 41.8 Å². The Bertz CT molecular complexity index is 505. The highest BCUT2D eigenvalue weighted by molar-refractivity contribution is 7.18. The van der Waals surface area contributed by atoms with E-state index in [1.807, 2.05) is 0 Å². The molecule has 0 aromatic carbocycles. The molecular weight excluding hydrogens is 286 g/mol. The Morgan fingerprint density at radius 3 is 2.67 bits per heavy atom. The van der Waals surface area contributed by atoms with Crippen molar-refractivity contribution in [3.63, 3.8) is 0 Å². The molecule has 3 rings (SSSR count). The maximum absolute atomic E-state index is 12.2. The van der Waals surface area contributed by atoms with E-state index in [1.165, 1.54) is 30.6 Å². The predicted octanol–water partition coefficient (Wildman–Crippen LogP) is 1.18. The van der Waals surface area contributed by atoms with Gasteiger partial charge in [-0.25, -0.2) is 4.98 Å². The summed E-state index contributed by atoms with van der Waals surface area (Å²) in [5.41, 5.74) is 11.8. The second-order valence-electron chi connectivity index (χ2n) is 6.04. The lowest BCUT2D eigenvalue weighted by atomic mass is 9.85. The molecule has 1 saturated carbocycles. The molecule has 2 fully saturated rings. The highest BCUT2D eigenvalue weighted by Crippen LogP contribution is 2.30. The number of nitrogen functional groups attached to an aromatic ring is 1. The number of piperidine rings is 1. The van der Waals surface area contributed by atoms with Gasteiger partial charge in [-0.3, -0.25) is 4.79 Å². The van der Waals surface area contributed by atoms with Crippen LogP contribution in [-0.2, 0) is 0 Å². The Kier molecular flexibility index (Phi) is 4.30. The molecule has 2 heterocycles. The average Bonchev–Trinajstić information content (AvgIpc) is 2.80. The van der Waals surface area contributed by atoms with Crippen molar-refractivity contribution in [1.82, 2.24) is 10.3 Å². The van der Waals surface area contributed by atoms with Crippen molar-refractivity contribution in [3.05, 3.63) is 4.88 Å². The van der Waals surface area contributed by atoms with Gasteiger partial charge in [0.25, 0.3) is 5.91 Å². The molecule has 1 saturated heterocycles. The van der Waals surface area contributed by atoms with E-state index in [0.29, 0.717) is 16.6 Å². The zero-order valence-corrected chi connectivity index (χ0v) is 13.0. The van der Waals surface area contributed by atoms with Crippen LogP contribution in [0, 0.1) is 5.92 Å². The van der Waals surface area contributed by atoms with Gasteiger partial charge in [-0.1, -0.05) is 17.8 Å². The molecular formula is C14H23N5OS. The molecule has 7 heteroatoms. The number of carbonyl (C=O) groups is 1. The number of anilines is 2. The number of nitrogens with zero attached hydrogens (tertiary/aromatic N) is 2. The molecule has 1 aliphatic heterocycles. The number of nitrogens with two attached hydrogens (primary N) is 2. The van der Waals surface area contributed by atoms with Crippen molar-refractivity contribution in [2.24, 2.45) is 11.7 Å². The van der Waals surface area contributed by atoms with Gasteiger partial charge in [0.2, 0.25) is 0 Å². The van der Waals surface area contributed by atoms with Crippen molar-refractivity contribution < 1.29 is 4.79 Å². The first-order valence-electron chi connectivity index (χ1n) is 7.68. The molecule has 1 aromatic rings. The maximum Gasteiger partial charge on any atom is 0.265 e. The van der Waals surface area contributed by atoms with E-state index in [1.54, 1.807) is 0 Å². The summed E-state index contributed by atoms with van der Waals surface area (Å²) in [7, 11) is 0. The first-order chi connectivity index (χ1) is 10.1. The number of hydrogen-bond acceptors (Lipinski definition) is 6. The molecule has 116 valence electrons. The summed E-state index contributed by atoms with van der Waals surface area (Å²) in [5, 5.41) is 3.82. The van der Waals surface area contributed by atoms with Crippen molar-refractivity contribution in [1.29, 1.82) is 0 Å². The summed E-state index contributed by atoms with van der Waals surface area (Å²) in [4.78, 5) is 19.3. The van der Waals surface area contributed by atoms with E-state index >= 15 is 0 Å². The van der Waals surface area contributed by atoms with Gasteiger partial charge in [-0.05, 0) is 31.6 Å². The molecule has 1 aromatic heterocycles. The predicted molar refractivity (Wildman–Crippen MR) is 85.6 cm³/mol. The number of amides is 1. The van der Waals surface area contributed by atoms with Gasteiger partial charge in [-0.15, -0.1) is 0 Å². The second-order valence-corrected chi connectivity index (χ2v) is 7.02. The Balaban J connectivity index is 1.61. The number of carbonyl (C=O) groups excluding carboxylic acids is 1. The summed E-state index contributed by atoms with van der Waals surface area (Å²) in [6, 6.07) is 0.281. The highest BCUT2D eigenvalue weighted by atomic mass is 32.1. The van der Waals surface area contributed by atoms with Crippen LogP contribution in [0.2, 0.25) is 0 Å². The van der Waals surface area contributed by atoms with Crippen LogP contribution < -0.4 is 21.7 Å². The minimum Gasteiger partial charge on any atom is -0.382 e. The molecule has 1 amide bonds. The first kappa shape index (κ1) is 14.6. The summed E-state index contributed by atoms with van der Waals surface area (Å²) < 4.78 is 0. The number of aromatic nitrogens is 1. The third kappa shape index (κ3) is 3.29. The Morgan fingerprint density at radius 1 is 1.33 bits per heavy atom. The first-order valence-corrected chi connectivity index (χ1v) is 8.50. The zero-order valence-electron chi connectivity index (χ0n) is 12.2. The summed E-state index contributed by atoms with van der Waals surface area (Å²) in [5.74, 6) is 0.902. The molecule has 1 aliphatic carbocycles. The van der Waals surface area contributed by atoms with Crippen molar-refractivity contribution >= 4 is 28.2 Å². The fourth-order valence-electron chi connectivity index (χ4n) is 2.72. The number of rotatable bonds is 4. The van der Waals surface area contributed by atoms with Crippen LogP contribution in [0.3, 0.4) is 0 Å². The van der Waals surface area contributed by atoms with Crippen molar-refractivity contribution in [3.8, 4) is 0 Å². The topological polar surface area (TPSA) is 97.3 Å². The third-order valence-electron chi connectivity index (χ3n) is 4.43. The molecule has 0 atom stereocenters. The summed E-state index contributed by atoms with van der Waals surface area (Å²) in [6.45, 7) is 2.53. The lowest BCUT2D eigenvalue weighted by Crippen LogP contribution is -2.39. The minimum absolute atomic E-state index is 0.0862. The standard InChI is InChI=1S/C14H23N5OS/c15-10-4-6-19(7-5-10)14-18-12(16)11(21-14)13(20)17-8-9-2-1-3-9/h9-10H,1-8,15-16H2,(H,17,20). The summed E-state index contributed by atoms with van der Waals surface area (Å²) >= 11 is 1.39. The largest absolute Gasteiger partial charge is 0.382 e. The quantitative estimate of drug-likeness (QED) is 0.776. The van der Waals surface area contributed by atoms with Gasteiger partial charge in [0.1, 0.15) is 10.7 Å². The number of hydrogen-bond donors (Lipinski definition) is 3. The van der Waals surface area contributed by atoms with Gasteiger partial charge in [0.05, 0.1) is 0 Å². The molecule has 6 nitrogen and oxygen atoms in total. The van der Waals surface area contributed by atoms with Gasteiger partial charge in [0, 0.05) is 25.7 Å². The van der Waals surface area contributed by atoms with Gasteiger partial charge >= 0.3 is 0 Å². The molecule has 21 heavy (non-hydrogen) atoms. The van der Waals surface area contributed by atoms with Crippen LogP contribution >= 0.6 is 11.3 Å². The fourth-order valence-corrected chi connectivity index (χ4v) is 3.68. The van der Waals surface area contributed by atoms with E-state index < -0.39 is 0 Å². The van der Waals surface area contributed by atoms with Gasteiger partial charge in [-0.2, -0.15) is 0 Å². The Hall–Kier alpha value is -1.34. The minimum atomic E-state index is -0.0862. The molecule has 0 spiro atoms. The smallest absolute Gasteiger partial charge is 0.265 e.